The van der Waals surface area contributed by atoms with E-state index in [1.165, 1.54) is 12.1 Å². The van der Waals surface area contributed by atoms with Crippen molar-refractivity contribution in [1.29, 1.82) is 0 Å². The Morgan fingerprint density at radius 2 is 1.59 bits per heavy atom. The van der Waals surface area contributed by atoms with E-state index >= 15 is 0 Å². The summed E-state index contributed by atoms with van der Waals surface area (Å²) in [4.78, 5) is 32.0. The zero-order chi connectivity index (χ0) is 16.4. The van der Waals surface area contributed by atoms with Crippen molar-refractivity contribution in [2.45, 2.75) is 0 Å². The van der Waals surface area contributed by atoms with E-state index in [0.717, 1.165) is 24.3 Å². The first-order valence-electron chi connectivity index (χ1n) is 5.87. The lowest BCUT2D eigenvalue weighted by Gasteiger charge is -2.09. The molecule has 0 spiro atoms. The molecule has 0 aliphatic heterocycles. The van der Waals surface area contributed by atoms with Crippen molar-refractivity contribution in [2.24, 2.45) is 0 Å². The third-order valence-corrected chi connectivity index (χ3v) is 2.98. The molecule has 0 aliphatic rings. The second kappa shape index (κ2) is 5.60. The van der Waals surface area contributed by atoms with Gasteiger partial charge in [-0.25, -0.2) is 14.0 Å². The zero-order valence-corrected chi connectivity index (χ0v) is 10.8. The van der Waals surface area contributed by atoms with E-state index in [0.29, 0.717) is 0 Å². The fourth-order valence-corrected chi connectivity index (χ4v) is 1.95. The minimum Gasteiger partial charge on any atom is -0.478 e. The maximum Gasteiger partial charge on any atom is 0.339 e. The molecule has 0 heterocycles. The minimum absolute atomic E-state index is 0.0649. The van der Waals surface area contributed by atoms with Gasteiger partial charge < -0.3 is 10.2 Å². The SMILES string of the molecule is O=C(O)c1ccc(-c2ccc([N+](=O)[O-])cc2)c(C(=O)O)c1F. The molecule has 0 bridgehead atoms. The van der Waals surface area contributed by atoms with E-state index in [9.17, 15) is 24.1 Å². The number of carboxylic acid groups (broad SMARTS) is 2. The van der Waals surface area contributed by atoms with Crippen LogP contribution in [0.5, 0.6) is 0 Å². The number of aromatic carboxylic acids is 2. The van der Waals surface area contributed by atoms with E-state index in [1.807, 2.05) is 0 Å². The van der Waals surface area contributed by atoms with Crippen molar-refractivity contribution in [3.63, 3.8) is 0 Å². The van der Waals surface area contributed by atoms with Gasteiger partial charge >= 0.3 is 11.9 Å². The fraction of sp³-hybridized carbons (Fsp3) is 0. The average Bonchev–Trinajstić information content (AvgIpc) is 2.46. The Labute approximate surface area is 122 Å². The van der Waals surface area contributed by atoms with Gasteiger partial charge in [-0.1, -0.05) is 6.07 Å². The summed E-state index contributed by atoms with van der Waals surface area (Å²) in [6.45, 7) is 0. The summed E-state index contributed by atoms with van der Waals surface area (Å²) in [7, 11) is 0. The Bertz CT molecular complexity index is 785. The van der Waals surface area contributed by atoms with Crippen LogP contribution in [0.15, 0.2) is 36.4 Å². The summed E-state index contributed by atoms with van der Waals surface area (Å²) < 4.78 is 14.1. The quantitative estimate of drug-likeness (QED) is 0.662. The Kier molecular flexibility index (Phi) is 3.85. The van der Waals surface area contributed by atoms with Crippen LogP contribution in [0.4, 0.5) is 10.1 Å². The molecule has 0 radical (unpaired) electrons. The van der Waals surface area contributed by atoms with Gasteiger partial charge in [-0.05, 0) is 29.3 Å². The molecular formula is C14H8FNO6. The van der Waals surface area contributed by atoms with Crippen molar-refractivity contribution in [1.82, 2.24) is 0 Å². The summed E-state index contributed by atoms with van der Waals surface area (Å²) in [5.74, 6) is -4.58. The minimum atomic E-state index is -1.63. The Morgan fingerprint density at radius 1 is 1.00 bits per heavy atom. The largest absolute Gasteiger partial charge is 0.478 e. The van der Waals surface area contributed by atoms with Gasteiger partial charge in [0.05, 0.1) is 10.5 Å². The molecule has 0 aromatic heterocycles. The number of benzene rings is 2. The standard InChI is InChI=1S/C14H8FNO6/c15-12-10(13(17)18)6-5-9(11(12)14(19)20)7-1-3-8(4-2-7)16(21)22/h1-6H,(H,17,18)(H,19,20). The molecule has 0 unspecified atom stereocenters. The molecule has 2 rings (SSSR count). The molecule has 7 nitrogen and oxygen atoms in total. The molecule has 0 aliphatic carbocycles. The molecule has 0 amide bonds. The van der Waals surface area contributed by atoms with Gasteiger partial charge in [0.2, 0.25) is 0 Å². The van der Waals surface area contributed by atoms with Gasteiger partial charge in [0.15, 0.2) is 5.82 Å². The number of halogens is 1. The molecule has 0 saturated heterocycles. The zero-order valence-electron chi connectivity index (χ0n) is 10.8. The predicted octanol–water partition coefficient (Wildman–Crippen LogP) is 2.80. The maximum atomic E-state index is 14.1. The smallest absolute Gasteiger partial charge is 0.339 e. The monoisotopic (exact) mass is 305 g/mol. The Balaban J connectivity index is 2.65. The van der Waals surface area contributed by atoms with Crippen molar-refractivity contribution >= 4 is 17.6 Å². The first kappa shape index (κ1) is 15.1. The number of nitrogens with zero attached hydrogens (tertiary/aromatic N) is 1. The molecule has 0 saturated carbocycles. The van der Waals surface area contributed by atoms with Crippen LogP contribution < -0.4 is 0 Å². The fourth-order valence-electron chi connectivity index (χ4n) is 1.95. The Hall–Kier alpha value is -3.29. The van der Waals surface area contributed by atoms with Crippen molar-refractivity contribution in [2.75, 3.05) is 0 Å². The topological polar surface area (TPSA) is 118 Å². The third kappa shape index (κ3) is 2.62. The summed E-state index contributed by atoms with van der Waals surface area (Å²) in [6, 6.07) is 6.91. The highest BCUT2D eigenvalue weighted by molar-refractivity contribution is 6.00. The number of hydrogen-bond donors (Lipinski definition) is 2. The van der Waals surface area contributed by atoms with Gasteiger partial charge in [0.25, 0.3) is 5.69 Å². The highest BCUT2D eigenvalue weighted by Crippen LogP contribution is 2.29. The molecule has 0 atom stereocenters. The molecule has 2 N–H and O–H groups in total. The third-order valence-electron chi connectivity index (χ3n) is 2.98. The normalized spacial score (nSPS) is 10.2. The first-order chi connectivity index (χ1) is 10.3. The van der Waals surface area contributed by atoms with Crippen LogP contribution in [0, 0.1) is 15.9 Å². The van der Waals surface area contributed by atoms with Crippen LogP contribution >= 0.6 is 0 Å². The number of carbonyl (C=O) groups is 2. The van der Waals surface area contributed by atoms with Crippen LogP contribution in [-0.2, 0) is 0 Å². The summed E-state index contributed by atoms with van der Waals surface area (Å²) in [6.07, 6.45) is 0. The van der Waals surface area contributed by atoms with Gasteiger partial charge in [-0.2, -0.15) is 0 Å². The summed E-state index contributed by atoms with van der Waals surface area (Å²) in [5, 5.41) is 28.5. The lowest BCUT2D eigenvalue weighted by molar-refractivity contribution is -0.384. The molecule has 112 valence electrons. The van der Waals surface area contributed by atoms with E-state index in [2.05, 4.69) is 0 Å². The highest BCUT2D eigenvalue weighted by Gasteiger charge is 2.23. The van der Waals surface area contributed by atoms with Crippen LogP contribution in [0.3, 0.4) is 0 Å². The molecule has 0 fully saturated rings. The molecular weight excluding hydrogens is 297 g/mol. The Morgan fingerprint density at radius 3 is 2.05 bits per heavy atom. The van der Waals surface area contributed by atoms with Gasteiger partial charge in [0.1, 0.15) is 5.56 Å². The van der Waals surface area contributed by atoms with Crippen LogP contribution in [0.1, 0.15) is 20.7 Å². The highest BCUT2D eigenvalue weighted by atomic mass is 19.1. The molecule has 8 heteroatoms. The van der Waals surface area contributed by atoms with Gasteiger partial charge in [-0.15, -0.1) is 0 Å². The van der Waals surface area contributed by atoms with Crippen LogP contribution in [-0.4, -0.2) is 27.1 Å². The van der Waals surface area contributed by atoms with Crippen molar-refractivity contribution < 1.29 is 29.1 Å². The predicted molar refractivity (Wildman–Crippen MR) is 72.4 cm³/mol. The summed E-state index contributed by atoms with van der Waals surface area (Å²) in [5.41, 5.74) is -1.61. The van der Waals surface area contributed by atoms with Gasteiger partial charge in [-0.3, -0.25) is 10.1 Å². The number of hydrogen-bond acceptors (Lipinski definition) is 4. The van der Waals surface area contributed by atoms with E-state index in [1.54, 1.807) is 0 Å². The van der Waals surface area contributed by atoms with E-state index in [-0.39, 0.29) is 16.8 Å². The lowest BCUT2D eigenvalue weighted by Crippen LogP contribution is -2.10. The van der Waals surface area contributed by atoms with Crippen molar-refractivity contribution in [3.8, 4) is 11.1 Å². The average molecular weight is 305 g/mol. The van der Waals surface area contributed by atoms with Crippen LogP contribution in [0.2, 0.25) is 0 Å². The number of non-ortho nitro benzene ring substituents is 1. The second-order valence-electron chi connectivity index (χ2n) is 4.26. The first-order valence-corrected chi connectivity index (χ1v) is 5.87. The number of nitro groups is 1. The molecule has 2 aromatic carbocycles. The number of carboxylic acids is 2. The second-order valence-corrected chi connectivity index (χ2v) is 4.26. The van der Waals surface area contributed by atoms with E-state index < -0.39 is 33.8 Å². The molecule has 2 aromatic rings. The van der Waals surface area contributed by atoms with E-state index in [4.69, 9.17) is 10.2 Å². The summed E-state index contributed by atoms with van der Waals surface area (Å²) >= 11 is 0. The lowest BCUT2D eigenvalue weighted by atomic mass is 9.96. The number of rotatable bonds is 4. The molecule has 22 heavy (non-hydrogen) atoms. The van der Waals surface area contributed by atoms with Crippen LogP contribution in [0.25, 0.3) is 11.1 Å². The maximum absolute atomic E-state index is 14.1. The van der Waals surface area contributed by atoms with Gasteiger partial charge in [0, 0.05) is 12.1 Å². The number of nitro benzene ring substituents is 1. The van der Waals surface area contributed by atoms with Crippen molar-refractivity contribution in [3.05, 3.63) is 63.5 Å².